The molecule has 0 aromatic heterocycles. The zero-order chi connectivity index (χ0) is 14.9. The standard InChI is InChI=1S/C13H18ClFN2O2S/c1-3-17(10-4-5-10)20(18,19)11-6-9(8-16-2)13(14)12(15)7-11/h6-7,10,16H,3-5,8H2,1-2H3. The van der Waals surface area contributed by atoms with E-state index in [4.69, 9.17) is 11.6 Å². The van der Waals surface area contributed by atoms with Crippen LogP contribution in [0.1, 0.15) is 25.3 Å². The Morgan fingerprint density at radius 3 is 2.60 bits per heavy atom. The first kappa shape index (κ1) is 15.7. The third-order valence-corrected chi connectivity index (χ3v) is 5.75. The Morgan fingerprint density at radius 1 is 1.45 bits per heavy atom. The minimum Gasteiger partial charge on any atom is -0.316 e. The molecule has 0 unspecified atom stereocenters. The molecule has 4 nitrogen and oxygen atoms in total. The zero-order valence-corrected chi connectivity index (χ0v) is 13.1. The van der Waals surface area contributed by atoms with Crippen molar-refractivity contribution in [2.75, 3.05) is 13.6 Å². The van der Waals surface area contributed by atoms with E-state index >= 15 is 0 Å². The molecule has 1 aromatic rings. The fourth-order valence-corrected chi connectivity index (χ4v) is 4.14. The molecule has 1 aliphatic rings. The smallest absolute Gasteiger partial charge is 0.243 e. The molecule has 1 aliphatic carbocycles. The molecule has 1 aromatic carbocycles. The van der Waals surface area contributed by atoms with Crippen molar-refractivity contribution in [2.45, 2.75) is 37.2 Å². The number of hydrogen-bond acceptors (Lipinski definition) is 3. The van der Waals surface area contributed by atoms with Gasteiger partial charge in [0.25, 0.3) is 0 Å². The van der Waals surface area contributed by atoms with Crippen molar-refractivity contribution in [2.24, 2.45) is 0 Å². The molecule has 0 atom stereocenters. The van der Waals surface area contributed by atoms with Crippen LogP contribution in [0.5, 0.6) is 0 Å². The molecule has 0 spiro atoms. The Hall–Kier alpha value is -0.690. The fraction of sp³-hybridized carbons (Fsp3) is 0.538. The number of rotatable bonds is 6. The average Bonchev–Trinajstić information content (AvgIpc) is 3.20. The van der Waals surface area contributed by atoms with Gasteiger partial charge in [-0.05, 0) is 37.6 Å². The van der Waals surface area contributed by atoms with Crippen LogP contribution in [-0.2, 0) is 16.6 Å². The number of nitrogens with zero attached hydrogens (tertiary/aromatic N) is 1. The second-order valence-corrected chi connectivity index (χ2v) is 7.12. The predicted molar refractivity (Wildman–Crippen MR) is 76.8 cm³/mol. The van der Waals surface area contributed by atoms with Crippen molar-refractivity contribution in [1.29, 1.82) is 0 Å². The maximum Gasteiger partial charge on any atom is 0.243 e. The first-order chi connectivity index (χ1) is 9.41. The van der Waals surface area contributed by atoms with E-state index in [9.17, 15) is 12.8 Å². The molecule has 112 valence electrons. The van der Waals surface area contributed by atoms with Crippen molar-refractivity contribution in [3.63, 3.8) is 0 Å². The lowest BCUT2D eigenvalue weighted by atomic mass is 10.2. The molecule has 1 saturated carbocycles. The van der Waals surface area contributed by atoms with Gasteiger partial charge >= 0.3 is 0 Å². The summed E-state index contributed by atoms with van der Waals surface area (Å²) in [5.41, 5.74) is 0.444. The van der Waals surface area contributed by atoms with Crippen LogP contribution in [0.15, 0.2) is 17.0 Å². The number of hydrogen-bond donors (Lipinski definition) is 1. The van der Waals surface area contributed by atoms with E-state index in [2.05, 4.69) is 5.32 Å². The van der Waals surface area contributed by atoms with Crippen molar-refractivity contribution < 1.29 is 12.8 Å². The summed E-state index contributed by atoms with van der Waals surface area (Å²) in [5, 5.41) is 2.82. The second-order valence-electron chi connectivity index (χ2n) is 4.85. The first-order valence-electron chi connectivity index (χ1n) is 6.56. The average molecular weight is 321 g/mol. The van der Waals surface area contributed by atoms with Crippen LogP contribution in [0.25, 0.3) is 0 Å². The Labute approximate surface area is 124 Å². The van der Waals surface area contributed by atoms with E-state index in [1.165, 1.54) is 10.4 Å². The van der Waals surface area contributed by atoms with Crippen molar-refractivity contribution in [3.8, 4) is 0 Å². The Balaban J connectivity index is 2.45. The molecular weight excluding hydrogens is 303 g/mol. The largest absolute Gasteiger partial charge is 0.316 e. The maximum absolute atomic E-state index is 13.8. The first-order valence-corrected chi connectivity index (χ1v) is 8.38. The summed E-state index contributed by atoms with van der Waals surface area (Å²) in [6, 6.07) is 2.50. The van der Waals surface area contributed by atoms with E-state index in [1.807, 2.05) is 0 Å². The summed E-state index contributed by atoms with van der Waals surface area (Å²) in [4.78, 5) is -0.0293. The van der Waals surface area contributed by atoms with Crippen LogP contribution < -0.4 is 5.32 Å². The highest BCUT2D eigenvalue weighted by molar-refractivity contribution is 7.89. The maximum atomic E-state index is 13.8. The molecule has 7 heteroatoms. The molecule has 1 N–H and O–H groups in total. The fourth-order valence-electron chi connectivity index (χ4n) is 2.21. The van der Waals surface area contributed by atoms with Crippen LogP contribution in [0.2, 0.25) is 5.02 Å². The van der Waals surface area contributed by atoms with Crippen molar-refractivity contribution in [3.05, 3.63) is 28.5 Å². The molecule has 1 fully saturated rings. The van der Waals surface area contributed by atoms with Crippen LogP contribution >= 0.6 is 11.6 Å². The van der Waals surface area contributed by atoms with Gasteiger partial charge in [-0.1, -0.05) is 18.5 Å². The lowest BCUT2D eigenvalue weighted by Gasteiger charge is -2.20. The Kier molecular flexibility index (Phi) is 4.69. The van der Waals surface area contributed by atoms with Crippen LogP contribution in [-0.4, -0.2) is 32.4 Å². The van der Waals surface area contributed by atoms with E-state index in [-0.39, 0.29) is 16.0 Å². The monoisotopic (exact) mass is 320 g/mol. The molecule has 0 amide bonds. The van der Waals surface area contributed by atoms with Gasteiger partial charge in [0.2, 0.25) is 10.0 Å². The third kappa shape index (κ3) is 2.98. The van der Waals surface area contributed by atoms with E-state index in [0.717, 1.165) is 18.9 Å². The van der Waals surface area contributed by atoms with Gasteiger partial charge < -0.3 is 5.32 Å². The van der Waals surface area contributed by atoms with E-state index < -0.39 is 15.8 Å². The normalized spacial score (nSPS) is 15.8. The second kappa shape index (κ2) is 5.97. The molecule has 0 radical (unpaired) electrons. The van der Waals surface area contributed by atoms with Gasteiger partial charge in [0, 0.05) is 19.1 Å². The van der Waals surface area contributed by atoms with Gasteiger partial charge in [0.1, 0.15) is 5.82 Å². The van der Waals surface area contributed by atoms with Gasteiger partial charge in [-0.25, -0.2) is 12.8 Å². The minimum atomic E-state index is -3.66. The molecule has 0 bridgehead atoms. The summed E-state index contributed by atoms with van der Waals surface area (Å²) in [6.07, 6.45) is 1.74. The summed E-state index contributed by atoms with van der Waals surface area (Å²) in [5.74, 6) is -0.704. The summed E-state index contributed by atoms with van der Waals surface area (Å²) in [6.45, 7) is 2.49. The molecule has 20 heavy (non-hydrogen) atoms. The highest BCUT2D eigenvalue weighted by Crippen LogP contribution is 2.33. The topological polar surface area (TPSA) is 49.4 Å². The summed E-state index contributed by atoms with van der Waals surface area (Å²) >= 11 is 5.86. The molecule has 0 heterocycles. The van der Waals surface area contributed by atoms with Crippen molar-refractivity contribution in [1.82, 2.24) is 9.62 Å². The van der Waals surface area contributed by atoms with Crippen LogP contribution in [0, 0.1) is 5.82 Å². The Morgan fingerprint density at radius 2 is 2.10 bits per heavy atom. The number of halogens is 2. The van der Waals surface area contributed by atoms with E-state index in [1.54, 1.807) is 14.0 Å². The lowest BCUT2D eigenvalue weighted by molar-refractivity contribution is 0.420. The number of nitrogens with one attached hydrogen (secondary N) is 1. The van der Waals surface area contributed by atoms with Crippen LogP contribution in [0.3, 0.4) is 0 Å². The van der Waals surface area contributed by atoms with Gasteiger partial charge in [-0.15, -0.1) is 0 Å². The minimum absolute atomic E-state index is 0.0293. The number of sulfonamides is 1. The third-order valence-electron chi connectivity index (χ3n) is 3.32. The highest BCUT2D eigenvalue weighted by Gasteiger charge is 2.37. The predicted octanol–water partition coefficient (Wildman–Crippen LogP) is 2.37. The Bertz CT molecular complexity index is 603. The number of benzene rings is 1. The van der Waals surface area contributed by atoms with Gasteiger partial charge in [0.15, 0.2) is 0 Å². The molecular formula is C13H18ClFN2O2S. The molecule has 0 saturated heterocycles. The quantitative estimate of drug-likeness (QED) is 0.875. The van der Waals surface area contributed by atoms with Gasteiger partial charge in [-0.2, -0.15) is 4.31 Å². The van der Waals surface area contributed by atoms with Gasteiger partial charge in [0.05, 0.1) is 9.92 Å². The van der Waals surface area contributed by atoms with E-state index in [0.29, 0.717) is 18.7 Å². The van der Waals surface area contributed by atoms with Gasteiger partial charge in [-0.3, -0.25) is 0 Å². The van der Waals surface area contributed by atoms with Crippen LogP contribution in [0.4, 0.5) is 4.39 Å². The molecule has 2 rings (SSSR count). The summed E-state index contributed by atoms with van der Waals surface area (Å²) in [7, 11) is -1.97. The van der Waals surface area contributed by atoms with Crippen molar-refractivity contribution >= 4 is 21.6 Å². The highest BCUT2D eigenvalue weighted by atomic mass is 35.5. The summed E-state index contributed by atoms with van der Waals surface area (Å²) < 4.78 is 40.4. The zero-order valence-electron chi connectivity index (χ0n) is 11.5. The lowest BCUT2D eigenvalue weighted by Crippen LogP contribution is -2.33. The molecule has 0 aliphatic heterocycles. The SMILES string of the molecule is CCN(C1CC1)S(=O)(=O)c1cc(F)c(Cl)c(CNC)c1.